The van der Waals surface area contributed by atoms with E-state index in [1.54, 1.807) is 0 Å². The fourth-order valence-electron chi connectivity index (χ4n) is 3.18. The summed E-state index contributed by atoms with van der Waals surface area (Å²) in [4.78, 5) is 12.7. The lowest BCUT2D eigenvalue weighted by molar-refractivity contribution is -0.122. The zero-order valence-electron chi connectivity index (χ0n) is 14.2. The zero-order valence-corrected chi connectivity index (χ0v) is 14.2. The summed E-state index contributed by atoms with van der Waals surface area (Å²) in [7, 11) is 0. The Hall–Kier alpha value is -3.08. The van der Waals surface area contributed by atoms with Gasteiger partial charge in [-0.2, -0.15) is 5.10 Å². The largest absolute Gasteiger partial charge is 0.480 e. The molecule has 4 rings (SSSR count). The minimum atomic E-state index is -0.503. The van der Waals surface area contributed by atoms with Crippen LogP contribution in [0.25, 0.3) is 5.69 Å². The van der Waals surface area contributed by atoms with Crippen LogP contribution in [0.5, 0.6) is 5.75 Å². The first-order valence-electron chi connectivity index (χ1n) is 8.30. The van der Waals surface area contributed by atoms with E-state index in [9.17, 15) is 4.79 Å². The van der Waals surface area contributed by atoms with Crippen molar-refractivity contribution in [3.05, 3.63) is 71.5 Å². The Bertz CT molecular complexity index is 906. The summed E-state index contributed by atoms with van der Waals surface area (Å²) in [6.07, 6.45) is 0.0868. The molecule has 0 bridgehead atoms. The van der Waals surface area contributed by atoms with Gasteiger partial charge in [0.25, 0.3) is 5.91 Å². The second kappa shape index (κ2) is 6.09. The summed E-state index contributed by atoms with van der Waals surface area (Å²) in [5, 5.41) is 7.56. The average Bonchev–Trinajstić information content (AvgIpc) is 3.19. The highest BCUT2D eigenvalue weighted by molar-refractivity contribution is 5.96. The molecule has 1 unspecified atom stereocenters. The highest BCUT2D eigenvalue weighted by Crippen LogP contribution is 2.29. The van der Waals surface area contributed by atoms with Crippen LogP contribution in [-0.4, -0.2) is 21.8 Å². The van der Waals surface area contributed by atoms with E-state index >= 15 is 0 Å². The fourth-order valence-corrected chi connectivity index (χ4v) is 3.18. The average molecular weight is 333 g/mol. The van der Waals surface area contributed by atoms with E-state index in [0.717, 1.165) is 34.1 Å². The maximum Gasteiger partial charge on any atom is 0.265 e. The van der Waals surface area contributed by atoms with Crippen molar-refractivity contribution in [1.82, 2.24) is 9.78 Å². The number of hydrogen-bond acceptors (Lipinski definition) is 3. The quantitative estimate of drug-likeness (QED) is 0.799. The molecule has 1 aliphatic heterocycles. The number of nitrogens with zero attached hydrogens (tertiary/aromatic N) is 2. The van der Waals surface area contributed by atoms with Crippen LogP contribution in [0.2, 0.25) is 0 Å². The number of rotatable bonds is 3. The molecule has 0 aliphatic carbocycles. The van der Waals surface area contributed by atoms with Gasteiger partial charge in [-0.3, -0.25) is 4.79 Å². The lowest BCUT2D eigenvalue weighted by Gasteiger charge is -2.12. The highest BCUT2D eigenvalue weighted by Gasteiger charge is 2.30. The Kier molecular flexibility index (Phi) is 3.76. The molecule has 0 spiro atoms. The van der Waals surface area contributed by atoms with Gasteiger partial charge in [0.1, 0.15) is 5.75 Å². The standard InChI is InChI=1S/C20H19N3O2/c1-13-19(14(2)23(22-13)16-9-4-3-5-10-16)21-20(24)18-12-15-8-6-7-11-17(15)25-18/h3-11,18H,12H2,1-2H3,(H,21,24). The first-order valence-corrected chi connectivity index (χ1v) is 8.30. The molecule has 1 aliphatic rings. The van der Waals surface area contributed by atoms with Crippen molar-refractivity contribution in [3.63, 3.8) is 0 Å². The van der Waals surface area contributed by atoms with E-state index in [1.165, 1.54) is 0 Å². The van der Waals surface area contributed by atoms with Crippen LogP contribution in [0.4, 0.5) is 5.69 Å². The number of hydrogen-bond donors (Lipinski definition) is 1. The molecule has 0 radical (unpaired) electrons. The number of ether oxygens (including phenoxy) is 1. The molecule has 1 amide bonds. The van der Waals surface area contributed by atoms with E-state index in [0.29, 0.717) is 6.42 Å². The Morgan fingerprint density at radius 2 is 1.84 bits per heavy atom. The van der Waals surface area contributed by atoms with Gasteiger partial charge in [0.05, 0.1) is 22.8 Å². The van der Waals surface area contributed by atoms with Crippen LogP contribution in [-0.2, 0) is 11.2 Å². The predicted molar refractivity (Wildman–Crippen MR) is 96.2 cm³/mol. The van der Waals surface area contributed by atoms with Crippen molar-refractivity contribution in [2.75, 3.05) is 5.32 Å². The Morgan fingerprint density at radius 1 is 1.12 bits per heavy atom. The number of aryl methyl sites for hydroxylation is 1. The third kappa shape index (κ3) is 2.78. The normalized spacial score (nSPS) is 15.5. The SMILES string of the molecule is Cc1nn(-c2ccccc2)c(C)c1NC(=O)C1Cc2ccccc2O1. The van der Waals surface area contributed by atoms with Crippen LogP contribution in [0.15, 0.2) is 54.6 Å². The Labute approximate surface area is 146 Å². The van der Waals surface area contributed by atoms with Crippen molar-refractivity contribution in [1.29, 1.82) is 0 Å². The molecule has 2 aromatic carbocycles. The van der Waals surface area contributed by atoms with Crippen LogP contribution >= 0.6 is 0 Å². The first-order chi connectivity index (χ1) is 12.1. The van der Waals surface area contributed by atoms with Gasteiger partial charge in [-0.25, -0.2) is 4.68 Å². The number of benzene rings is 2. The molecule has 0 fully saturated rings. The Balaban J connectivity index is 1.56. The molecule has 1 atom stereocenters. The number of fused-ring (bicyclic) bond motifs is 1. The van der Waals surface area contributed by atoms with Gasteiger partial charge in [-0.05, 0) is 37.6 Å². The molecule has 2 heterocycles. The zero-order chi connectivity index (χ0) is 17.4. The van der Waals surface area contributed by atoms with Crippen LogP contribution in [0.1, 0.15) is 17.0 Å². The second-order valence-corrected chi connectivity index (χ2v) is 6.20. The molecule has 126 valence electrons. The van der Waals surface area contributed by atoms with Crippen LogP contribution in [0, 0.1) is 13.8 Å². The summed E-state index contributed by atoms with van der Waals surface area (Å²) in [5.41, 5.74) is 4.45. The molecule has 3 aromatic rings. The smallest absolute Gasteiger partial charge is 0.265 e. The summed E-state index contributed by atoms with van der Waals surface area (Å²) in [5.74, 6) is 0.645. The van der Waals surface area contributed by atoms with E-state index in [2.05, 4.69) is 10.4 Å². The number of para-hydroxylation sites is 2. The number of carbonyl (C=O) groups excluding carboxylic acids is 1. The van der Waals surface area contributed by atoms with Gasteiger partial charge in [0.15, 0.2) is 6.10 Å². The minimum absolute atomic E-state index is 0.144. The Morgan fingerprint density at radius 3 is 2.60 bits per heavy atom. The van der Waals surface area contributed by atoms with Gasteiger partial charge in [-0.1, -0.05) is 36.4 Å². The van der Waals surface area contributed by atoms with Crippen molar-refractivity contribution in [3.8, 4) is 11.4 Å². The lowest BCUT2D eigenvalue weighted by atomic mass is 10.1. The third-order valence-electron chi connectivity index (χ3n) is 4.48. The minimum Gasteiger partial charge on any atom is -0.480 e. The van der Waals surface area contributed by atoms with E-state index in [4.69, 9.17) is 4.74 Å². The fraction of sp³-hybridized carbons (Fsp3) is 0.200. The van der Waals surface area contributed by atoms with Gasteiger partial charge < -0.3 is 10.1 Å². The summed E-state index contributed by atoms with van der Waals surface area (Å²) in [6.45, 7) is 3.85. The molecular formula is C20H19N3O2. The summed E-state index contributed by atoms with van der Waals surface area (Å²) in [6, 6.07) is 17.6. The summed E-state index contributed by atoms with van der Waals surface area (Å²) >= 11 is 0. The molecule has 1 N–H and O–H groups in total. The van der Waals surface area contributed by atoms with Crippen LogP contribution < -0.4 is 10.1 Å². The molecule has 5 heteroatoms. The highest BCUT2D eigenvalue weighted by atomic mass is 16.5. The molecule has 25 heavy (non-hydrogen) atoms. The summed E-state index contributed by atoms with van der Waals surface area (Å²) < 4.78 is 7.62. The molecular weight excluding hydrogens is 314 g/mol. The van der Waals surface area contributed by atoms with Gasteiger partial charge in [0, 0.05) is 6.42 Å². The third-order valence-corrected chi connectivity index (χ3v) is 4.48. The van der Waals surface area contributed by atoms with Gasteiger partial charge >= 0.3 is 0 Å². The topological polar surface area (TPSA) is 56.2 Å². The maximum atomic E-state index is 12.7. The number of carbonyl (C=O) groups is 1. The van der Waals surface area contributed by atoms with E-state index in [-0.39, 0.29) is 5.91 Å². The van der Waals surface area contributed by atoms with E-state index in [1.807, 2.05) is 73.1 Å². The lowest BCUT2D eigenvalue weighted by Crippen LogP contribution is -2.31. The van der Waals surface area contributed by atoms with Crippen molar-refractivity contribution in [2.45, 2.75) is 26.4 Å². The van der Waals surface area contributed by atoms with Gasteiger partial charge in [0.2, 0.25) is 0 Å². The monoisotopic (exact) mass is 333 g/mol. The molecule has 5 nitrogen and oxygen atoms in total. The number of anilines is 1. The molecule has 1 aromatic heterocycles. The first kappa shape index (κ1) is 15.4. The number of amides is 1. The van der Waals surface area contributed by atoms with Crippen LogP contribution in [0.3, 0.4) is 0 Å². The molecule has 0 saturated carbocycles. The van der Waals surface area contributed by atoms with Crippen molar-refractivity contribution >= 4 is 11.6 Å². The van der Waals surface area contributed by atoms with E-state index < -0.39 is 6.10 Å². The van der Waals surface area contributed by atoms with Gasteiger partial charge in [-0.15, -0.1) is 0 Å². The predicted octanol–water partition coefficient (Wildman–Crippen LogP) is 3.43. The number of nitrogens with one attached hydrogen (secondary N) is 1. The second-order valence-electron chi connectivity index (χ2n) is 6.20. The number of aromatic nitrogens is 2. The van der Waals surface area contributed by atoms with Crippen molar-refractivity contribution in [2.24, 2.45) is 0 Å². The maximum absolute atomic E-state index is 12.7. The molecule has 0 saturated heterocycles. The van der Waals surface area contributed by atoms with Crippen molar-refractivity contribution < 1.29 is 9.53 Å².